The summed E-state index contributed by atoms with van der Waals surface area (Å²) < 4.78 is 6.00. The summed E-state index contributed by atoms with van der Waals surface area (Å²) in [6.45, 7) is 5.16. The second-order valence-corrected chi connectivity index (χ2v) is 5.30. The highest BCUT2D eigenvalue weighted by atomic mass is 16.5. The van der Waals surface area contributed by atoms with E-state index in [4.69, 9.17) is 4.74 Å². The number of rotatable bonds is 3. The molecule has 1 unspecified atom stereocenters. The summed E-state index contributed by atoms with van der Waals surface area (Å²) in [5.74, 6) is 0.565. The minimum atomic E-state index is 0.103. The highest BCUT2D eigenvalue weighted by Crippen LogP contribution is 2.35. The first-order chi connectivity index (χ1) is 8.75. The van der Waals surface area contributed by atoms with Crippen molar-refractivity contribution in [2.75, 3.05) is 6.61 Å². The van der Waals surface area contributed by atoms with Gasteiger partial charge in [-0.3, -0.25) is 0 Å². The van der Waals surface area contributed by atoms with Crippen molar-refractivity contribution in [2.24, 2.45) is 5.92 Å². The van der Waals surface area contributed by atoms with Crippen LogP contribution in [0, 0.1) is 5.92 Å². The van der Waals surface area contributed by atoms with Gasteiger partial charge in [0.05, 0.1) is 6.61 Å². The van der Waals surface area contributed by atoms with Crippen LogP contribution in [-0.2, 0) is 4.74 Å². The topological polar surface area (TPSA) is 9.23 Å². The SMILES string of the molecule is CC(C)COC1C=Cc2cccc3cccc1c23. The van der Waals surface area contributed by atoms with Gasteiger partial charge in [-0.15, -0.1) is 0 Å². The summed E-state index contributed by atoms with van der Waals surface area (Å²) >= 11 is 0. The molecule has 0 fully saturated rings. The molecule has 3 rings (SSSR count). The van der Waals surface area contributed by atoms with Gasteiger partial charge in [-0.1, -0.05) is 62.4 Å². The van der Waals surface area contributed by atoms with E-state index in [1.807, 2.05) is 0 Å². The summed E-state index contributed by atoms with van der Waals surface area (Å²) in [5.41, 5.74) is 2.60. The molecule has 0 saturated carbocycles. The molecule has 1 aliphatic carbocycles. The first-order valence-corrected chi connectivity index (χ1v) is 6.57. The van der Waals surface area contributed by atoms with Gasteiger partial charge in [-0.2, -0.15) is 0 Å². The maximum atomic E-state index is 6.00. The number of benzene rings is 2. The standard InChI is InChI=1S/C17H18O/c1-12(2)11-18-16-10-9-14-6-3-5-13-7-4-8-15(16)17(13)14/h3-10,12,16H,11H2,1-2H3. The lowest BCUT2D eigenvalue weighted by Gasteiger charge is -2.22. The Morgan fingerprint density at radius 3 is 2.67 bits per heavy atom. The maximum Gasteiger partial charge on any atom is 0.102 e. The molecule has 1 nitrogen and oxygen atoms in total. The maximum absolute atomic E-state index is 6.00. The Kier molecular flexibility index (Phi) is 2.92. The van der Waals surface area contributed by atoms with Crippen molar-refractivity contribution in [3.8, 4) is 0 Å². The molecule has 0 aliphatic heterocycles. The lowest BCUT2D eigenvalue weighted by atomic mass is 9.91. The molecule has 0 amide bonds. The average molecular weight is 238 g/mol. The average Bonchev–Trinajstić information content (AvgIpc) is 2.38. The largest absolute Gasteiger partial charge is 0.369 e. The van der Waals surface area contributed by atoms with Gasteiger partial charge in [0.25, 0.3) is 0 Å². The quantitative estimate of drug-likeness (QED) is 0.760. The Labute approximate surface area is 108 Å². The van der Waals surface area contributed by atoms with Crippen LogP contribution < -0.4 is 0 Å². The van der Waals surface area contributed by atoms with E-state index in [9.17, 15) is 0 Å². The molecule has 0 spiro atoms. The van der Waals surface area contributed by atoms with Gasteiger partial charge >= 0.3 is 0 Å². The normalized spacial score (nSPS) is 17.6. The van der Waals surface area contributed by atoms with E-state index < -0.39 is 0 Å². The first-order valence-electron chi connectivity index (χ1n) is 6.57. The van der Waals surface area contributed by atoms with Gasteiger partial charge in [0.1, 0.15) is 6.10 Å². The predicted octanol–water partition coefficient (Wildman–Crippen LogP) is 4.58. The van der Waals surface area contributed by atoms with Gasteiger partial charge < -0.3 is 4.74 Å². The van der Waals surface area contributed by atoms with Gasteiger partial charge in [0.2, 0.25) is 0 Å². The zero-order valence-corrected chi connectivity index (χ0v) is 10.9. The molecule has 1 aliphatic rings. The van der Waals surface area contributed by atoms with Gasteiger partial charge in [-0.25, -0.2) is 0 Å². The molecule has 2 aromatic carbocycles. The van der Waals surface area contributed by atoms with E-state index in [2.05, 4.69) is 62.4 Å². The Hall–Kier alpha value is -1.60. The van der Waals surface area contributed by atoms with Crippen LogP contribution in [-0.4, -0.2) is 6.61 Å². The van der Waals surface area contributed by atoms with Crippen molar-refractivity contribution in [3.05, 3.63) is 53.6 Å². The van der Waals surface area contributed by atoms with Gasteiger partial charge in [-0.05, 0) is 27.8 Å². The molecule has 1 atom stereocenters. The number of hydrogen-bond acceptors (Lipinski definition) is 1. The van der Waals surface area contributed by atoms with Crippen LogP contribution in [0.25, 0.3) is 16.8 Å². The molecular formula is C17H18O. The zero-order chi connectivity index (χ0) is 12.5. The van der Waals surface area contributed by atoms with Crippen LogP contribution in [0.5, 0.6) is 0 Å². The smallest absolute Gasteiger partial charge is 0.102 e. The molecule has 0 saturated heterocycles. The van der Waals surface area contributed by atoms with Crippen molar-refractivity contribution < 1.29 is 4.74 Å². The molecule has 2 aromatic rings. The van der Waals surface area contributed by atoms with E-state index in [0.717, 1.165) is 6.61 Å². The third-order valence-corrected chi connectivity index (χ3v) is 3.34. The highest BCUT2D eigenvalue weighted by Gasteiger charge is 2.17. The summed E-state index contributed by atoms with van der Waals surface area (Å²) in [7, 11) is 0. The number of ether oxygens (including phenoxy) is 1. The van der Waals surface area contributed by atoms with Crippen LogP contribution in [0.15, 0.2) is 42.5 Å². The second-order valence-electron chi connectivity index (χ2n) is 5.30. The summed E-state index contributed by atoms with van der Waals surface area (Å²) in [4.78, 5) is 0. The van der Waals surface area contributed by atoms with Crippen LogP contribution in [0.2, 0.25) is 0 Å². The Bertz CT molecular complexity index is 590. The van der Waals surface area contributed by atoms with Crippen LogP contribution in [0.4, 0.5) is 0 Å². The van der Waals surface area contributed by atoms with E-state index in [-0.39, 0.29) is 6.10 Å². The molecule has 92 valence electrons. The van der Waals surface area contributed by atoms with Crippen LogP contribution in [0.3, 0.4) is 0 Å². The van der Waals surface area contributed by atoms with Crippen molar-refractivity contribution in [2.45, 2.75) is 20.0 Å². The molecular weight excluding hydrogens is 220 g/mol. The van der Waals surface area contributed by atoms with E-state index in [0.29, 0.717) is 5.92 Å². The summed E-state index contributed by atoms with van der Waals surface area (Å²) in [6.07, 6.45) is 4.45. The molecule has 0 aromatic heterocycles. The summed E-state index contributed by atoms with van der Waals surface area (Å²) in [6, 6.07) is 12.9. The van der Waals surface area contributed by atoms with Gasteiger partial charge in [0, 0.05) is 0 Å². The van der Waals surface area contributed by atoms with Crippen LogP contribution in [0.1, 0.15) is 31.1 Å². The first kappa shape index (κ1) is 11.5. The molecule has 0 heterocycles. The fourth-order valence-corrected chi connectivity index (χ4v) is 2.51. The minimum Gasteiger partial charge on any atom is -0.369 e. The monoisotopic (exact) mass is 238 g/mol. The van der Waals surface area contributed by atoms with Crippen molar-refractivity contribution in [1.29, 1.82) is 0 Å². The predicted molar refractivity (Wildman–Crippen MR) is 76.5 cm³/mol. The van der Waals surface area contributed by atoms with Gasteiger partial charge in [0.15, 0.2) is 0 Å². The molecule has 0 bridgehead atoms. The zero-order valence-electron chi connectivity index (χ0n) is 10.9. The fourth-order valence-electron chi connectivity index (χ4n) is 2.51. The minimum absolute atomic E-state index is 0.103. The Balaban J connectivity index is 2.05. The second kappa shape index (κ2) is 4.58. The van der Waals surface area contributed by atoms with E-state index in [1.54, 1.807) is 0 Å². The summed E-state index contributed by atoms with van der Waals surface area (Å²) in [5, 5.41) is 2.64. The highest BCUT2D eigenvalue weighted by molar-refractivity contribution is 5.95. The van der Waals surface area contributed by atoms with Crippen molar-refractivity contribution in [1.82, 2.24) is 0 Å². The molecule has 0 radical (unpaired) electrons. The fraction of sp³-hybridized carbons (Fsp3) is 0.294. The lowest BCUT2D eigenvalue weighted by molar-refractivity contribution is 0.0658. The number of hydrogen-bond donors (Lipinski definition) is 0. The lowest BCUT2D eigenvalue weighted by Crippen LogP contribution is -2.09. The molecule has 18 heavy (non-hydrogen) atoms. The third-order valence-electron chi connectivity index (χ3n) is 3.34. The molecule has 1 heteroatoms. The van der Waals surface area contributed by atoms with Crippen molar-refractivity contribution >= 4 is 16.8 Å². The molecule has 0 N–H and O–H groups in total. The Morgan fingerprint density at radius 2 is 1.89 bits per heavy atom. The van der Waals surface area contributed by atoms with Crippen LogP contribution >= 0.6 is 0 Å². The Morgan fingerprint density at radius 1 is 1.11 bits per heavy atom. The van der Waals surface area contributed by atoms with Crippen molar-refractivity contribution in [3.63, 3.8) is 0 Å². The van der Waals surface area contributed by atoms with E-state index in [1.165, 1.54) is 21.9 Å². The van der Waals surface area contributed by atoms with E-state index >= 15 is 0 Å². The third kappa shape index (κ3) is 1.95.